The molecule has 122 valence electrons. The molecule has 0 spiro atoms. The second-order valence-corrected chi connectivity index (χ2v) is 6.25. The standard InChI is InChI=1S/C16H27N5O/c1-11(2)15-19-12(3)9-14(20-15)21-8-4-5-13(10-21)16(22)18-7-6-17/h9,11,13H,4-8,10,17H2,1-3H3,(H,18,22). The van der Waals surface area contributed by atoms with E-state index in [9.17, 15) is 4.79 Å². The van der Waals surface area contributed by atoms with Gasteiger partial charge in [0.05, 0.1) is 5.92 Å². The van der Waals surface area contributed by atoms with E-state index >= 15 is 0 Å². The van der Waals surface area contributed by atoms with Gasteiger partial charge in [-0.25, -0.2) is 9.97 Å². The van der Waals surface area contributed by atoms with Crippen LogP contribution >= 0.6 is 0 Å². The fourth-order valence-electron chi connectivity index (χ4n) is 2.73. The fraction of sp³-hybridized carbons (Fsp3) is 0.688. The van der Waals surface area contributed by atoms with Gasteiger partial charge in [-0.05, 0) is 19.8 Å². The zero-order valence-corrected chi connectivity index (χ0v) is 13.8. The molecule has 0 bridgehead atoms. The average Bonchev–Trinajstić information content (AvgIpc) is 2.52. The normalized spacial score (nSPS) is 18.6. The minimum atomic E-state index is 0.0121. The summed E-state index contributed by atoms with van der Waals surface area (Å²) < 4.78 is 0. The maximum Gasteiger partial charge on any atom is 0.224 e. The van der Waals surface area contributed by atoms with Crippen LogP contribution < -0.4 is 16.0 Å². The van der Waals surface area contributed by atoms with Crippen molar-refractivity contribution in [1.29, 1.82) is 0 Å². The number of hydrogen-bond acceptors (Lipinski definition) is 5. The second kappa shape index (κ2) is 7.54. The Hall–Kier alpha value is -1.69. The maximum atomic E-state index is 12.1. The summed E-state index contributed by atoms with van der Waals surface area (Å²) in [5, 5.41) is 2.89. The number of anilines is 1. The number of amides is 1. The van der Waals surface area contributed by atoms with Crippen LogP contribution in [0.2, 0.25) is 0 Å². The third-order valence-corrected chi connectivity index (χ3v) is 3.93. The minimum Gasteiger partial charge on any atom is -0.356 e. The molecule has 1 unspecified atom stereocenters. The van der Waals surface area contributed by atoms with Crippen LogP contribution in [0.4, 0.5) is 5.82 Å². The highest BCUT2D eigenvalue weighted by Gasteiger charge is 2.26. The summed E-state index contributed by atoms with van der Waals surface area (Å²) in [4.78, 5) is 23.5. The van der Waals surface area contributed by atoms with E-state index in [0.29, 0.717) is 25.6 Å². The first kappa shape index (κ1) is 16.7. The Bertz CT molecular complexity index is 517. The van der Waals surface area contributed by atoms with Crippen molar-refractivity contribution < 1.29 is 4.79 Å². The predicted molar refractivity (Wildman–Crippen MR) is 87.9 cm³/mol. The van der Waals surface area contributed by atoms with Gasteiger partial charge in [-0.3, -0.25) is 4.79 Å². The molecule has 1 aliphatic rings. The lowest BCUT2D eigenvalue weighted by atomic mass is 9.97. The van der Waals surface area contributed by atoms with Gasteiger partial charge in [0.1, 0.15) is 11.6 Å². The van der Waals surface area contributed by atoms with Crippen molar-refractivity contribution in [2.24, 2.45) is 11.7 Å². The first-order valence-corrected chi connectivity index (χ1v) is 8.09. The lowest BCUT2D eigenvalue weighted by molar-refractivity contribution is -0.125. The number of nitrogens with two attached hydrogens (primary N) is 1. The molecule has 6 nitrogen and oxygen atoms in total. The number of nitrogens with one attached hydrogen (secondary N) is 1. The van der Waals surface area contributed by atoms with Crippen molar-refractivity contribution in [3.8, 4) is 0 Å². The minimum absolute atomic E-state index is 0.0121. The van der Waals surface area contributed by atoms with Gasteiger partial charge < -0.3 is 16.0 Å². The number of hydrogen-bond donors (Lipinski definition) is 2. The molecule has 1 saturated heterocycles. The molecule has 6 heteroatoms. The Kier molecular flexibility index (Phi) is 5.71. The number of rotatable bonds is 5. The molecule has 1 aliphatic heterocycles. The summed E-state index contributed by atoms with van der Waals surface area (Å²) in [6.45, 7) is 8.85. The highest BCUT2D eigenvalue weighted by atomic mass is 16.1. The molecule has 2 rings (SSSR count). The number of piperidine rings is 1. The molecule has 0 saturated carbocycles. The van der Waals surface area contributed by atoms with Crippen LogP contribution in [-0.2, 0) is 4.79 Å². The molecule has 0 radical (unpaired) electrons. The van der Waals surface area contributed by atoms with Gasteiger partial charge in [0, 0.05) is 43.9 Å². The summed E-state index contributed by atoms with van der Waals surface area (Å²) in [5.74, 6) is 2.22. The molecule has 0 aliphatic carbocycles. The van der Waals surface area contributed by atoms with E-state index in [4.69, 9.17) is 5.73 Å². The van der Waals surface area contributed by atoms with Gasteiger partial charge in [-0.1, -0.05) is 13.8 Å². The van der Waals surface area contributed by atoms with E-state index < -0.39 is 0 Å². The van der Waals surface area contributed by atoms with E-state index in [2.05, 4.69) is 34.0 Å². The van der Waals surface area contributed by atoms with Crippen molar-refractivity contribution in [2.45, 2.75) is 39.5 Å². The van der Waals surface area contributed by atoms with Crippen LogP contribution in [0.5, 0.6) is 0 Å². The molecule has 1 atom stereocenters. The number of carbonyl (C=O) groups is 1. The molecule has 1 amide bonds. The van der Waals surface area contributed by atoms with Crippen LogP contribution in [0.1, 0.15) is 44.1 Å². The van der Waals surface area contributed by atoms with Crippen LogP contribution in [0.15, 0.2) is 6.07 Å². The molecule has 3 N–H and O–H groups in total. The number of aryl methyl sites for hydroxylation is 1. The third kappa shape index (κ3) is 4.16. The van der Waals surface area contributed by atoms with Crippen molar-refractivity contribution in [2.75, 3.05) is 31.1 Å². The smallest absolute Gasteiger partial charge is 0.224 e. The van der Waals surface area contributed by atoms with Crippen molar-refractivity contribution >= 4 is 11.7 Å². The van der Waals surface area contributed by atoms with E-state index in [-0.39, 0.29) is 11.8 Å². The van der Waals surface area contributed by atoms with Crippen LogP contribution in [0, 0.1) is 12.8 Å². The topological polar surface area (TPSA) is 84.1 Å². The Labute approximate surface area is 132 Å². The van der Waals surface area contributed by atoms with Crippen molar-refractivity contribution in [1.82, 2.24) is 15.3 Å². The highest BCUT2D eigenvalue weighted by molar-refractivity contribution is 5.79. The van der Waals surface area contributed by atoms with Gasteiger partial charge in [-0.2, -0.15) is 0 Å². The molecule has 1 aromatic rings. The maximum absolute atomic E-state index is 12.1. The first-order chi connectivity index (χ1) is 10.5. The quantitative estimate of drug-likeness (QED) is 0.854. The number of aromatic nitrogens is 2. The second-order valence-electron chi connectivity index (χ2n) is 6.25. The van der Waals surface area contributed by atoms with E-state index in [0.717, 1.165) is 36.7 Å². The molecular formula is C16H27N5O. The lowest BCUT2D eigenvalue weighted by Crippen LogP contribution is -2.44. The predicted octanol–water partition coefficient (Wildman–Crippen LogP) is 1.20. The van der Waals surface area contributed by atoms with Gasteiger partial charge in [0.25, 0.3) is 0 Å². The highest BCUT2D eigenvalue weighted by Crippen LogP contribution is 2.23. The SMILES string of the molecule is Cc1cc(N2CCCC(C(=O)NCCN)C2)nc(C(C)C)n1. The third-order valence-electron chi connectivity index (χ3n) is 3.93. The molecule has 0 aromatic carbocycles. The zero-order valence-electron chi connectivity index (χ0n) is 13.8. The summed E-state index contributed by atoms with van der Waals surface area (Å²) in [7, 11) is 0. The summed E-state index contributed by atoms with van der Waals surface area (Å²) in [5.41, 5.74) is 6.42. The zero-order chi connectivity index (χ0) is 16.1. The average molecular weight is 305 g/mol. The molecule has 1 fully saturated rings. The summed E-state index contributed by atoms with van der Waals surface area (Å²) >= 11 is 0. The Morgan fingerprint density at radius 3 is 2.95 bits per heavy atom. The van der Waals surface area contributed by atoms with Crippen molar-refractivity contribution in [3.63, 3.8) is 0 Å². The van der Waals surface area contributed by atoms with Crippen molar-refractivity contribution in [3.05, 3.63) is 17.6 Å². The van der Waals surface area contributed by atoms with Crippen LogP contribution in [-0.4, -0.2) is 42.1 Å². The fourth-order valence-corrected chi connectivity index (χ4v) is 2.73. The largest absolute Gasteiger partial charge is 0.356 e. The monoisotopic (exact) mass is 305 g/mol. The van der Waals surface area contributed by atoms with Gasteiger partial charge in [0.2, 0.25) is 5.91 Å². The molecule has 1 aromatic heterocycles. The number of carbonyl (C=O) groups excluding carboxylic acids is 1. The van der Waals surface area contributed by atoms with E-state index in [1.54, 1.807) is 0 Å². The Morgan fingerprint density at radius 2 is 2.27 bits per heavy atom. The summed E-state index contributed by atoms with van der Waals surface area (Å²) in [6.07, 6.45) is 1.93. The Morgan fingerprint density at radius 1 is 1.50 bits per heavy atom. The molecule has 22 heavy (non-hydrogen) atoms. The Balaban J connectivity index is 2.10. The van der Waals surface area contributed by atoms with Crippen LogP contribution in [0.25, 0.3) is 0 Å². The first-order valence-electron chi connectivity index (χ1n) is 8.09. The molecule has 2 heterocycles. The van der Waals surface area contributed by atoms with E-state index in [1.807, 2.05) is 13.0 Å². The van der Waals surface area contributed by atoms with Crippen LogP contribution in [0.3, 0.4) is 0 Å². The number of nitrogens with zero attached hydrogens (tertiary/aromatic N) is 3. The molecular weight excluding hydrogens is 278 g/mol. The van der Waals surface area contributed by atoms with Gasteiger partial charge in [-0.15, -0.1) is 0 Å². The van der Waals surface area contributed by atoms with Gasteiger partial charge >= 0.3 is 0 Å². The summed E-state index contributed by atoms with van der Waals surface area (Å²) in [6, 6.07) is 2.01. The van der Waals surface area contributed by atoms with E-state index in [1.165, 1.54) is 0 Å². The van der Waals surface area contributed by atoms with Gasteiger partial charge in [0.15, 0.2) is 0 Å². The lowest BCUT2D eigenvalue weighted by Gasteiger charge is -2.33.